The number of carboxylic acid groups (broad SMARTS) is 2. The third-order valence-corrected chi connectivity index (χ3v) is 4.56. The number of nitrogens with two attached hydrogens (primary N) is 1. The number of carbonyl (C=O) groups excluding carboxylic acids is 3. The molecule has 1 rings (SSSR count). The summed E-state index contributed by atoms with van der Waals surface area (Å²) in [6.45, 7) is 2.96. The van der Waals surface area contributed by atoms with E-state index in [2.05, 4.69) is 20.6 Å². The van der Waals surface area contributed by atoms with Gasteiger partial charge < -0.3 is 36.9 Å². The van der Waals surface area contributed by atoms with Crippen LogP contribution in [0, 0.1) is 5.92 Å². The first kappa shape index (κ1) is 25.6. The normalized spacial score (nSPS) is 14.5. The Hall–Kier alpha value is -3.48. The van der Waals surface area contributed by atoms with Crippen LogP contribution in [0.25, 0.3) is 0 Å². The zero-order valence-electron chi connectivity index (χ0n) is 17.3. The lowest BCUT2D eigenvalue weighted by atomic mass is 9.97. The van der Waals surface area contributed by atoms with Gasteiger partial charge in [-0.3, -0.25) is 19.2 Å². The van der Waals surface area contributed by atoms with E-state index in [1.165, 1.54) is 12.5 Å². The predicted octanol–water partition coefficient (Wildman–Crippen LogP) is -2.03. The second-order valence-corrected chi connectivity index (χ2v) is 7.03. The van der Waals surface area contributed by atoms with Gasteiger partial charge in [-0.05, 0) is 5.92 Å². The van der Waals surface area contributed by atoms with Crippen LogP contribution in [0.5, 0.6) is 0 Å². The van der Waals surface area contributed by atoms with Gasteiger partial charge in [0.15, 0.2) is 0 Å². The van der Waals surface area contributed by atoms with Gasteiger partial charge in [0, 0.05) is 18.3 Å². The molecule has 4 atom stereocenters. The standard InChI is InChI=1S/C18H28N6O7/c1-3-9(2)15(24-16(28)11(19)4-10-6-20-8-22-10)17(29)21-7-13(25)23-12(18(30)31)5-14(26)27/h6,8-9,11-12,15H,3-5,7,19H2,1-2H3,(H,20,22)(H,21,29)(H,23,25)(H,24,28)(H,26,27)(H,30,31). The number of nitrogens with one attached hydrogen (secondary N) is 4. The maximum Gasteiger partial charge on any atom is 0.326 e. The van der Waals surface area contributed by atoms with Gasteiger partial charge in [-0.25, -0.2) is 9.78 Å². The van der Waals surface area contributed by atoms with Crippen molar-refractivity contribution in [3.05, 3.63) is 18.2 Å². The molecule has 0 aliphatic carbocycles. The van der Waals surface area contributed by atoms with E-state index in [0.717, 1.165) is 0 Å². The van der Waals surface area contributed by atoms with Gasteiger partial charge in [-0.2, -0.15) is 0 Å². The predicted molar refractivity (Wildman–Crippen MR) is 106 cm³/mol. The Balaban J connectivity index is 2.66. The Morgan fingerprint density at radius 3 is 2.35 bits per heavy atom. The van der Waals surface area contributed by atoms with E-state index in [-0.39, 0.29) is 12.3 Å². The number of aromatic amines is 1. The number of imidazole rings is 1. The Labute approximate surface area is 178 Å². The smallest absolute Gasteiger partial charge is 0.326 e. The van der Waals surface area contributed by atoms with Gasteiger partial charge in [-0.15, -0.1) is 0 Å². The highest BCUT2D eigenvalue weighted by molar-refractivity contribution is 5.93. The van der Waals surface area contributed by atoms with E-state index in [9.17, 15) is 24.0 Å². The lowest BCUT2D eigenvalue weighted by Gasteiger charge is -2.25. The van der Waals surface area contributed by atoms with Gasteiger partial charge in [0.1, 0.15) is 12.1 Å². The quantitative estimate of drug-likeness (QED) is 0.180. The molecule has 172 valence electrons. The van der Waals surface area contributed by atoms with E-state index < -0.39 is 60.8 Å². The van der Waals surface area contributed by atoms with Crippen molar-refractivity contribution in [1.82, 2.24) is 25.9 Å². The topological polar surface area (TPSA) is 217 Å². The van der Waals surface area contributed by atoms with Crippen molar-refractivity contribution >= 4 is 29.7 Å². The monoisotopic (exact) mass is 440 g/mol. The number of hydrogen-bond donors (Lipinski definition) is 7. The van der Waals surface area contributed by atoms with Crippen LogP contribution in [0.15, 0.2) is 12.5 Å². The minimum Gasteiger partial charge on any atom is -0.481 e. The van der Waals surface area contributed by atoms with Crippen LogP contribution in [-0.4, -0.2) is 74.5 Å². The largest absolute Gasteiger partial charge is 0.481 e. The van der Waals surface area contributed by atoms with Gasteiger partial charge in [0.25, 0.3) is 0 Å². The van der Waals surface area contributed by atoms with Crippen LogP contribution >= 0.6 is 0 Å². The first-order valence-electron chi connectivity index (χ1n) is 9.60. The summed E-state index contributed by atoms with van der Waals surface area (Å²) in [5, 5.41) is 24.6. The second kappa shape index (κ2) is 12.3. The van der Waals surface area contributed by atoms with Crippen molar-refractivity contribution < 1.29 is 34.2 Å². The Kier molecular flexibility index (Phi) is 10.1. The van der Waals surface area contributed by atoms with Crippen molar-refractivity contribution in [1.29, 1.82) is 0 Å². The minimum atomic E-state index is -1.63. The molecule has 0 aliphatic rings. The van der Waals surface area contributed by atoms with E-state index in [1.54, 1.807) is 6.92 Å². The molecule has 31 heavy (non-hydrogen) atoms. The molecule has 0 fully saturated rings. The zero-order chi connectivity index (χ0) is 23.6. The molecular formula is C18H28N6O7. The average molecular weight is 440 g/mol. The van der Waals surface area contributed by atoms with Crippen LogP contribution in [0.1, 0.15) is 32.4 Å². The van der Waals surface area contributed by atoms with Crippen LogP contribution in [0.2, 0.25) is 0 Å². The lowest BCUT2D eigenvalue weighted by Crippen LogP contribution is -2.56. The summed E-state index contributed by atoms with van der Waals surface area (Å²) in [6, 6.07) is -3.55. The Morgan fingerprint density at radius 2 is 1.84 bits per heavy atom. The number of hydrogen-bond acceptors (Lipinski definition) is 7. The summed E-state index contributed by atoms with van der Waals surface area (Å²) >= 11 is 0. The summed E-state index contributed by atoms with van der Waals surface area (Å²) in [5.74, 6) is -5.30. The number of H-pyrrole nitrogens is 1. The highest BCUT2D eigenvalue weighted by Crippen LogP contribution is 2.09. The Bertz CT molecular complexity index is 782. The summed E-state index contributed by atoms with van der Waals surface area (Å²) in [4.78, 5) is 65.2. The van der Waals surface area contributed by atoms with E-state index in [1.807, 2.05) is 12.2 Å². The van der Waals surface area contributed by atoms with Crippen molar-refractivity contribution in [2.45, 2.75) is 51.2 Å². The first-order chi connectivity index (χ1) is 14.5. The summed E-state index contributed by atoms with van der Waals surface area (Å²) in [7, 11) is 0. The van der Waals surface area contributed by atoms with Crippen molar-refractivity contribution in [3.63, 3.8) is 0 Å². The van der Waals surface area contributed by atoms with Crippen LogP contribution in [-0.2, 0) is 30.4 Å². The van der Waals surface area contributed by atoms with Gasteiger partial charge >= 0.3 is 11.9 Å². The van der Waals surface area contributed by atoms with Gasteiger partial charge in [-0.1, -0.05) is 20.3 Å². The highest BCUT2D eigenvalue weighted by Gasteiger charge is 2.29. The van der Waals surface area contributed by atoms with Crippen LogP contribution < -0.4 is 21.7 Å². The molecule has 3 amide bonds. The molecule has 1 aromatic heterocycles. The van der Waals surface area contributed by atoms with E-state index >= 15 is 0 Å². The average Bonchev–Trinajstić information content (AvgIpc) is 3.21. The number of amides is 3. The molecule has 0 saturated carbocycles. The molecule has 13 nitrogen and oxygen atoms in total. The van der Waals surface area contributed by atoms with E-state index in [4.69, 9.17) is 15.9 Å². The minimum absolute atomic E-state index is 0.184. The Morgan fingerprint density at radius 1 is 1.16 bits per heavy atom. The number of carbonyl (C=O) groups is 5. The number of rotatable bonds is 13. The summed E-state index contributed by atoms with van der Waals surface area (Å²) in [6.07, 6.45) is 2.89. The fourth-order valence-electron chi connectivity index (χ4n) is 2.59. The number of nitrogens with zero attached hydrogens (tertiary/aromatic N) is 1. The highest BCUT2D eigenvalue weighted by atomic mass is 16.4. The van der Waals surface area contributed by atoms with Gasteiger partial charge in [0.05, 0.1) is 25.3 Å². The number of aromatic nitrogens is 2. The first-order valence-corrected chi connectivity index (χ1v) is 9.60. The van der Waals surface area contributed by atoms with Crippen molar-refractivity contribution in [2.75, 3.05) is 6.54 Å². The molecular weight excluding hydrogens is 412 g/mol. The molecule has 0 aromatic carbocycles. The third kappa shape index (κ3) is 8.82. The third-order valence-electron chi connectivity index (χ3n) is 4.56. The fourth-order valence-corrected chi connectivity index (χ4v) is 2.59. The maximum absolute atomic E-state index is 12.5. The summed E-state index contributed by atoms with van der Waals surface area (Å²) < 4.78 is 0. The van der Waals surface area contributed by atoms with E-state index in [0.29, 0.717) is 12.1 Å². The van der Waals surface area contributed by atoms with Crippen molar-refractivity contribution in [2.24, 2.45) is 11.7 Å². The van der Waals surface area contributed by atoms with Crippen LogP contribution in [0.3, 0.4) is 0 Å². The molecule has 0 saturated heterocycles. The molecule has 13 heteroatoms. The lowest BCUT2D eigenvalue weighted by molar-refractivity contribution is -0.147. The number of carboxylic acids is 2. The SMILES string of the molecule is CCC(C)C(NC(=O)C(N)Cc1cnc[nH]1)C(=O)NCC(=O)NC(CC(=O)O)C(=O)O. The molecule has 0 aliphatic heterocycles. The second-order valence-electron chi connectivity index (χ2n) is 7.03. The summed E-state index contributed by atoms with van der Waals surface area (Å²) in [5.41, 5.74) is 6.54. The molecule has 0 spiro atoms. The molecule has 0 radical (unpaired) electrons. The molecule has 8 N–H and O–H groups in total. The van der Waals surface area contributed by atoms with Gasteiger partial charge in [0.2, 0.25) is 17.7 Å². The van der Waals surface area contributed by atoms with Crippen molar-refractivity contribution in [3.8, 4) is 0 Å². The number of aliphatic carboxylic acids is 2. The molecule has 1 aromatic rings. The molecule has 1 heterocycles. The molecule has 0 bridgehead atoms. The fraction of sp³-hybridized carbons (Fsp3) is 0.556. The maximum atomic E-state index is 12.5. The molecule has 4 unspecified atom stereocenters. The van der Waals surface area contributed by atoms with Crippen LogP contribution in [0.4, 0.5) is 0 Å². The zero-order valence-corrected chi connectivity index (χ0v) is 17.3.